The Balaban J connectivity index is 2.03. The van der Waals surface area contributed by atoms with Gasteiger partial charge in [-0.25, -0.2) is 0 Å². The fourth-order valence-corrected chi connectivity index (χ4v) is 2.69. The first-order valence-corrected chi connectivity index (χ1v) is 7.18. The van der Waals surface area contributed by atoms with Crippen LogP contribution in [0.2, 0.25) is 5.02 Å². The Morgan fingerprint density at radius 1 is 1.30 bits per heavy atom. The summed E-state index contributed by atoms with van der Waals surface area (Å²) in [5.74, 6) is -0.507. The fraction of sp³-hybridized carbons (Fsp3) is 0.467. The van der Waals surface area contributed by atoms with Crippen LogP contribution in [0.15, 0.2) is 24.3 Å². The number of hydrogen-bond donors (Lipinski definition) is 1. The van der Waals surface area contributed by atoms with Crippen molar-refractivity contribution >= 4 is 23.4 Å². The van der Waals surface area contributed by atoms with Gasteiger partial charge < -0.3 is 10.6 Å². The van der Waals surface area contributed by atoms with E-state index in [1.807, 2.05) is 19.1 Å². The van der Waals surface area contributed by atoms with Crippen molar-refractivity contribution in [1.29, 1.82) is 0 Å². The third-order valence-electron chi connectivity index (χ3n) is 3.87. The molecule has 0 radical (unpaired) electrons. The van der Waals surface area contributed by atoms with E-state index in [2.05, 4.69) is 0 Å². The lowest BCUT2D eigenvalue weighted by Gasteiger charge is -2.37. The lowest BCUT2D eigenvalue weighted by atomic mass is 9.92. The lowest BCUT2D eigenvalue weighted by molar-refractivity contribution is -0.136. The van der Waals surface area contributed by atoms with E-state index in [1.165, 1.54) is 0 Å². The normalized spacial score (nSPS) is 22.6. The molecule has 1 saturated heterocycles. The first-order chi connectivity index (χ1) is 9.47. The van der Waals surface area contributed by atoms with Crippen LogP contribution in [0.3, 0.4) is 0 Å². The quantitative estimate of drug-likeness (QED) is 0.926. The van der Waals surface area contributed by atoms with Gasteiger partial charge in [-0.05, 0) is 37.5 Å². The van der Waals surface area contributed by atoms with Gasteiger partial charge in [0.05, 0.1) is 12.3 Å². The summed E-state index contributed by atoms with van der Waals surface area (Å²) in [6.45, 7) is 2.44. The van der Waals surface area contributed by atoms with Gasteiger partial charge in [-0.15, -0.1) is 0 Å². The van der Waals surface area contributed by atoms with Gasteiger partial charge in [0.15, 0.2) is 0 Å². The highest BCUT2D eigenvalue weighted by Crippen LogP contribution is 2.22. The van der Waals surface area contributed by atoms with Gasteiger partial charge >= 0.3 is 0 Å². The molecule has 1 heterocycles. The Hall–Kier alpha value is -1.55. The van der Waals surface area contributed by atoms with Crippen molar-refractivity contribution < 1.29 is 9.59 Å². The number of carbonyl (C=O) groups excluding carboxylic acids is 2. The summed E-state index contributed by atoms with van der Waals surface area (Å²) >= 11 is 5.83. The maximum absolute atomic E-state index is 12.4. The van der Waals surface area contributed by atoms with Crippen LogP contribution in [0.1, 0.15) is 25.3 Å². The maximum Gasteiger partial charge on any atom is 0.227 e. The van der Waals surface area contributed by atoms with E-state index in [0.29, 0.717) is 18.0 Å². The minimum atomic E-state index is -0.318. The van der Waals surface area contributed by atoms with Crippen molar-refractivity contribution in [1.82, 2.24) is 4.90 Å². The first-order valence-electron chi connectivity index (χ1n) is 6.80. The summed E-state index contributed by atoms with van der Waals surface area (Å²) in [6.07, 6.45) is 1.91. The number of rotatable bonds is 3. The van der Waals surface area contributed by atoms with E-state index in [1.54, 1.807) is 17.0 Å². The van der Waals surface area contributed by atoms with Crippen LogP contribution in [0.4, 0.5) is 0 Å². The lowest BCUT2D eigenvalue weighted by Crippen LogP contribution is -2.49. The highest BCUT2D eigenvalue weighted by Gasteiger charge is 2.31. The Labute approximate surface area is 123 Å². The number of carbonyl (C=O) groups is 2. The number of nitrogens with zero attached hydrogens (tertiary/aromatic N) is 1. The van der Waals surface area contributed by atoms with Crippen molar-refractivity contribution in [3.63, 3.8) is 0 Å². The van der Waals surface area contributed by atoms with Gasteiger partial charge in [-0.2, -0.15) is 0 Å². The van der Waals surface area contributed by atoms with E-state index in [0.717, 1.165) is 18.4 Å². The number of primary amides is 1. The highest BCUT2D eigenvalue weighted by atomic mass is 35.5. The number of hydrogen-bond acceptors (Lipinski definition) is 2. The molecule has 2 amide bonds. The Morgan fingerprint density at radius 2 is 1.95 bits per heavy atom. The van der Waals surface area contributed by atoms with Crippen LogP contribution >= 0.6 is 11.6 Å². The van der Waals surface area contributed by atoms with Gasteiger partial charge in [-0.1, -0.05) is 23.7 Å². The van der Waals surface area contributed by atoms with Gasteiger partial charge in [0.2, 0.25) is 11.8 Å². The van der Waals surface area contributed by atoms with E-state index < -0.39 is 0 Å². The zero-order chi connectivity index (χ0) is 14.7. The topological polar surface area (TPSA) is 63.4 Å². The van der Waals surface area contributed by atoms with Gasteiger partial charge in [0.1, 0.15) is 0 Å². The second-order valence-corrected chi connectivity index (χ2v) is 5.81. The fourth-order valence-electron chi connectivity index (χ4n) is 2.57. The monoisotopic (exact) mass is 294 g/mol. The zero-order valence-corrected chi connectivity index (χ0v) is 12.3. The molecular weight excluding hydrogens is 276 g/mol. The Morgan fingerprint density at radius 3 is 2.55 bits per heavy atom. The van der Waals surface area contributed by atoms with Crippen LogP contribution in [0.5, 0.6) is 0 Å². The number of benzene rings is 1. The molecule has 20 heavy (non-hydrogen) atoms. The van der Waals surface area contributed by atoms with Gasteiger partial charge in [0, 0.05) is 17.6 Å². The Kier molecular flexibility index (Phi) is 4.65. The van der Waals surface area contributed by atoms with Crippen molar-refractivity contribution in [3.05, 3.63) is 34.9 Å². The molecule has 0 aromatic heterocycles. The van der Waals surface area contributed by atoms with Crippen molar-refractivity contribution in [2.75, 3.05) is 6.54 Å². The van der Waals surface area contributed by atoms with Crippen LogP contribution < -0.4 is 5.73 Å². The third-order valence-corrected chi connectivity index (χ3v) is 4.13. The SMILES string of the molecule is C[C@@H]1CC[C@@H](C(N)=O)CN1C(=O)Cc1ccc(Cl)cc1. The second kappa shape index (κ2) is 6.27. The van der Waals surface area contributed by atoms with Crippen LogP contribution in [-0.2, 0) is 16.0 Å². The largest absolute Gasteiger partial charge is 0.369 e. The van der Waals surface area contributed by atoms with Crippen molar-refractivity contribution in [2.24, 2.45) is 11.7 Å². The number of likely N-dealkylation sites (tertiary alicyclic amines) is 1. The molecule has 0 aliphatic carbocycles. The molecule has 1 fully saturated rings. The summed E-state index contributed by atoms with van der Waals surface area (Å²) < 4.78 is 0. The third kappa shape index (κ3) is 3.51. The second-order valence-electron chi connectivity index (χ2n) is 5.38. The predicted octanol–water partition coefficient (Wildman–Crippen LogP) is 1.99. The van der Waals surface area contributed by atoms with Crippen LogP contribution in [0.25, 0.3) is 0 Å². The van der Waals surface area contributed by atoms with Gasteiger partial charge in [0.25, 0.3) is 0 Å². The number of halogens is 1. The summed E-state index contributed by atoms with van der Waals surface area (Å²) in [7, 11) is 0. The molecule has 0 bridgehead atoms. The van der Waals surface area contributed by atoms with E-state index in [9.17, 15) is 9.59 Å². The van der Waals surface area contributed by atoms with E-state index >= 15 is 0 Å². The molecule has 2 atom stereocenters. The Bertz CT molecular complexity index is 501. The molecule has 0 unspecified atom stereocenters. The zero-order valence-electron chi connectivity index (χ0n) is 11.5. The standard InChI is InChI=1S/C15H19ClN2O2/c1-10-2-5-12(15(17)20)9-18(10)14(19)8-11-3-6-13(16)7-4-11/h3-4,6-7,10,12H,2,5,8-9H2,1H3,(H2,17,20)/t10-,12-/m1/s1. The molecule has 1 aliphatic heterocycles. The molecule has 2 N–H and O–H groups in total. The summed E-state index contributed by atoms with van der Waals surface area (Å²) in [5.41, 5.74) is 6.28. The number of nitrogens with two attached hydrogens (primary N) is 1. The minimum Gasteiger partial charge on any atom is -0.369 e. The molecular formula is C15H19ClN2O2. The average Bonchev–Trinajstić information content (AvgIpc) is 2.41. The molecule has 108 valence electrons. The molecule has 5 heteroatoms. The average molecular weight is 295 g/mol. The molecule has 1 aromatic carbocycles. The molecule has 2 rings (SSSR count). The highest BCUT2D eigenvalue weighted by molar-refractivity contribution is 6.30. The van der Waals surface area contributed by atoms with E-state index in [4.69, 9.17) is 17.3 Å². The number of amides is 2. The smallest absolute Gasteiger partial charge is 0.227 e. The first kappa shape index (κ1) is 14.9. The molecule has 0 spiro atoms. The molecule has 4 nitrogen and oxygen atoms in total. The van der Waals surface area contributed by atoms with Crippen LogP contribution in [-0.4, -0.2) is 29.3 Å². The molecule has 0 saturated carbocycles. The summed E-state index contributed by atoms with van der Waals surface area (Å²) in [4.78, 5) is 25.4. The predicted molar refractivity (Wildman–Crippen MR) is 78.2 cm³/mol. The molecule has 1 aromatic rings. The minimum absolute atomic E-state index is 0.0331. The summed E-state index contributed by atoms with van der Waals surface area (Å²) in [5, 5.41) is 0.654. The molecule has 1 aliphatic rings. The van der Waals surface area contributed by atoms with Crippen LogP contribution in [0, 0.1) is 5.92 Å². The summed E-state index contributed by atoms with van der Waals surface area (Å²) in [6, 6.07) is 7.40. The van der Waals surface area contributed by atoms with Crippen molar-refractivity contribution in [2.45, 2.75) is 32.2 Å². The maximum atomic E-state index is 12.4. The van der Waals surface area contributed by atoms with Crippen molar-refractivity contribution in [3.8, 4) is 0 Å². The van der Waals surface area contributed by atoms with Gasteiger partial charge in [-0.3, -0.25) is 9.59 Å². The number of piperidine rings is 1. The van der Waals surface area contributed by atoms with E-state index in [-0.39, 0.29) is 23.8 Å².